The number of sulfonamides is 1. The largest absolute Gasteiger partial charge is 0.338 e. The van der Waals surface area contributed by atoms with Crippen molar-refractivity contribution >= 4 is 27.6 Å². The Morgan fingerprint density at radius 3 is 2.38 bits per heavy atom. The molecule has 24 heavy (non-hydrogen) atoms. The van der Waals surface area contributed by atoms with Crippen LogP contribution in [0.1, 0.15) is 18.4 Å². The molecule has 0 unspecified atom stereocenters. The molecular weight excluding hydrogens is 330 g/mol. The first-order chi connectivity index (χ1) is 11.3. The highest BCUT2D eigenvalue weighted by molar-refractivity contribution is 7.92. The van der Waals surface area contributed by atoms with Crippen LogP contribution in [0, 0.1) is 13.8 Å². The van der Waals surface area contributed by atoms with E-state index in [0.717, 1.165) is 0 Å². The molecule has 0 aliphatic heterocycles. The third-order valence-electron chi connectivity index (χ3n) is 2.96. The molecule has 1 aromatic heterocycles. The van der Waals surface area contributed by atoms with Crippen molar-refractivity contribution in [3.05, 3.63) is 41.9 Å². The minimum absolute atomic E-state index is 0.0675. The SMILES string of the molecule is CCNC(=O)Nc1ccc(S(=O)(=O)Nc2cc(C)nc(C)n2)cc1. The Balaban J connectivity index is 2.16. The van der Waals surface area contributed by atoms with Gasteiger partial charge in [0, 0.05) is 24.0 Å². The summed E-state index contributed by atoms with van der Waals surface area (Å²) in [5.41, 5.74) is 1.16. The van der Waals surface area contributed by atoms with E-state index in [1.165, 1.54) is 24.3 Å². The van der Waals surface area contributed by atoms with E-state index in [1.54, 1.807) is 26.8 Å². The van der Waals surface area contributed by atoms with Crippen molar-refractivity contribution < 1.29 is 13.2 Å². The number of aromatic nitrogens is 2. The molecule has 3 N–H and O–H groups in total. The van der Waals surface area contributed by atoms with Crippen LogP contribution in [0.5, 0.6) is 0 Å². The first-order valence-electron chi connectivity index (χ1n) is 7.30. The molecule has 1 heterocycles. The summed E-state index contributed by atoms with van der Waals surface area (Å²) >= 11 is 0. The van der Waals surface area contributed by atoms with E-state index < -0.39 is 10.0 Å². The van der Waals surface area contributed by atoms with E-state index in [1.807, 2.05) is 0 Å². The highest BCUT2D eigenvalue weighted by atomic mass is 32.2. The van der Waals surface area contributed by atoms with Crippen molar-refractivity contribution in [2.24, 2.45) is 0 Å². The fourth-order valence-corrected chi connectivity index (χ4v) is 3.01. The number of anilines is 2. The second kappa shape index (κ2) is 7.26. The zero-order valence-corrected chi connectivity index (χ0v) is 14.4. The van der Waals surface area contributed by atoms with Gasteiger partial charge in [0.1, 0.15) is 11.6 Å². The third-order valence-corrected chi connectivity index (χ3v) is 4.34. The number of carbonyl (C=O) groups excluding carboxylic acids is 1. The maximum Gasteiger partial charge on any atom is 0.319 e. The molecule has 0 bridgehead atoms. The van der Waals surface area contributed by atoms with Gasteiger partial charge in [0.2, 0.25) is 0 Å². The van der Waals surface area contributed by atoms with Crippen LogP contribution in [0.4, 0.5) is 16.3 Å². The maximum atomic E-state index is 12.4. The normalized spacial score (nSPS) is 11.0. The number of hydrogen-bond acceptors (Lipinski definition) is 5. The molecule has 0 saturated heterocycles. The van der Waals surface area contributed by atoms with Gasteiger partial charge in [0.05, 0.1) is 4.90 Å². The topological polar surface area (TPSA) is 113 Å². The molecule has 0 atom stereocenters. The summed E-state index contributed by atoms with van der Waals surface area (Å²) in [5.74, 6) is 0.693. The third kappa shape index (κ3) is 4.66. The van der Waals surface area contributed by atoms with Crippen molar-refractivity contribution in [1.29, 1.82) is 0 Å². The Morgan fingerprint density at radius 1 is 1.12 bits per heavy atom. The van der Waals surface area contributed by atoms with Gasteiger partial charge in [-0.1, -0.05) is 0 Å². The summed E-state index contributed by atoms with van der Waals surface area (Å²) < 4.78 is 27.2. The molecule has 128 valence electrons. The van der Waals surface area contributed by atoms with Crippen LogP contribution in [0.25, 0.3) is 0 Å². The highest BCUT2D eigenvalue weighted by Crippen LogP contribution is 2.17. The van der Waals surface area contributed by atoms with Crippen LogP contribution in [0.2, 0.25) is 0 Å². The number of benzene rings is 1. The van der Waals surface area contributed by atoms with Gasteiger partial charge in [-0.15, -0.1) is 0 Å². The summed E-state index contributed by atoms with van der Waals surface area (Å²) in [4.78, 5) is 19.7. The van der Waals surface area contributed by atoms with Crippen molar-refractivity contribution in [3.63, 3.8) is 0 Å². The molecule has 9 heteroatoms. The van der Waals surface area contributed by atoms with Gasteiger partial charge < -0.3 is 10.6 Å². The van der Waals surface area contributed by atoms with Gasteiger partial charge in [0.15, 0.2) is 0 Å². The molecule has 0 aliphatic carbocycles. The molecule has 0 saturated carbocycles. The molecule has 2 rings (SSSR count). The summed E-state index contributed by atoms with van der Waals surface area (Å²) in [6.45, 7) is 5.75. The number of aryl methyl sites for hydroxylation is 2. The molecular formula is C15H19N5O3S. The minimum atomic E-state index is -3.77. The first kappa shape index (κ1) is 17.7. The minimum Gasteiger partial charge on any atom is -0.338 e. The van der Waals surface area contributed by atoms with Gasteiger partial charge >= 0.3 is 6.03 Å². The monoisotopic (exact) mass is 349 g/mol. The van der Waals surface area contributed by atoms with Gasteiger partial charge in [-0.3, -0.25) is 4.72 Å². The number of rotatable bonds is 5. The Morgan fingerprint density at radius 2 is 1.79 bits per heavy atom. The van der Waals surface area contributed by atoms with Gasteiger partial charge in [-0.05, 0) is 45.0 Å². The molecule has 2 aromatic rings. The summed E-state index contributed by atoms with van der Waals surface area (Å²) in [7, 11) is -3.77. The van der Waals surface area contributed by atoms with E-state index in [2.05, 4.69) is 25.3 Å². The van der Waals surface area contributed by atoms with Crippen LogP contribution >= 0.6 is 0 Å². The molecule has 0 radical (unpaired) electrons. The summed E-state index contributed by atoms with van der Waals surface area (Å²) in [6.07, 6.45) is 0. The molecule has 0 fully saturated rings. The molecule has 8 nitrogen and oxygen atoms in total. The molecule has 0 spiro atoms. The molecule has 0 aliphatic rings. The second-order valence-corrected chi connectivity index (χ2v) is 6.74. The number of amides is 2. The van der Waals surface area contributed by atoms with Crippen molar-refractivity contribution in [2.75, 3.05) is 16.6 Å². The fraction of sp³-hybridized carbons (Fsp3) is 0.267. The Labute approximate surface area is 140 Å². The zero-order chi connectivity index (χ0) is 17.7. The van der Waals surface area contributed by atoms with Crippen molar-refractivity contribution in [1.82, 2.24) is 15.3 Å². The lowest BCUT2D eigenvalue weighted by atomic mass is 10.3. The average Bonchev–Trinajstić information content (AvgIpc) is 2.46. The quantitative estimate of drug-likeness (QED) is 0.764. The van der Waals surface area contributed by atoms with E-state index in [4.69, 9.17) is 0 Å². The van der Waals surface area contributed by atoms with Gasteiger partial charge in [0.25, 0.3) is 10.0 Å². The van der Waals surface area contributed by atoms with Crippen LogP contribution in [-0.4, -0.2) is 31.0 Å². The Kier molecular flexibility index (Phi) is 5.35. The lowest BCUT2D eigenvalue weighted by Gasteiger charge is -2.10. The summed E-state index contributed by atoms with van der Waals surface area (Å²) in [5, 5.41) is 5.19. The van der Waals surface area contributed by atoms with Crippen LogP contribution in [-0.2, 0) is 10.0 Å². The second-order valence-electron chi connectivity index (χ2n) is 5.06. The van der Waals surface area contributed by atoms with Crippen LogP contribution < -0.4 is 15.4 Å². The lowest BCUT2D eigenvalue weighted by Crippen LogP contribution is -2.28. The average molecular weight is 349 g/mol. The van der Waals surface area contributed by atoms with Crippen molar-refractivity contribution in [2.45, 2.75) is 25.7 Å². The van der Waals surface area contributed by atoms with Gasteiger partial charge in [-0.2, -0.15) is 0 Å². The van der Waals surface area contributed by atoms with E-state index in [-0.39, 0.29) is 16.7 Å². The van der Waals surface area contributed by atoms with Gasteiger partial charge in [-0.25, -0.2) is 23.2 Å². The first-order valence-corrected chi connectivity index (χ1v) is 8.78. The predicted octanol–water partition coefficient (Wildman–Crippen LogP) is 2.04. The zero-order valence-electron chi connectivity index (χ0n) is 13.6. The number of nitrogens with one attached hydrogen (secondary N) is 3. The van der Waals surface area contributed by atoms with E-state index in [0.29, 0.717) is 23.8 Å². The van der Waals surface area contributed by atoms with Crippen LogP contribution in [0.15, 0.2) is 35.2 Å². The predicted molar refractivity (Wildman–Crippen MR) is 91.5 cm³/mol. The summed E-state index contributed by atoms with van der Waals surface area (Å²) in [6, 6.07) is 7.05. The number of carbonyl (C=O) groups is 1. The van der Waals surface area contributed by atoms with E-state index in [9.17, 15) is 13.2 Å². The number of urea groups is 1. The fourth-order valence-electron chi connectivity index (χ4n) is 2.02. The highest BCUT2D eigenvalue weighted by Gasteiger charge is 2.15. The standard InChI is InChI=1S/C15H19N5O3S/c1-4-16-15(21)19-12-5-7-13(8-6-12)24(22,23)20-14-9-10(2)17-11(3)18-14/h5-9H,4H2,1-3H3,(H2,16,19,21)(H,17,18,20). The van der Waals surface area contributed by atoms with E-state index >= 15 is 0 Å². The number of hydrogen-bond donors (Lipinski definition) is 3. The van der Waals surface area contributed by atoms with Crippen LogP contribution in [0.3, 0.4) is 0 Å². The van der Waals surface area contributed by atoms with Crippen molar-refractivity contribution in [3.8, 4) is 0 Å². The maximum absolute atomic E-state index is 12.4. The Bertz CT molecular complexity index is 814. The smallest absolute Gasteiger partial charge is 0.319 e. The molecule has 1 aromatic carbocycles. The Hall–Kier alpha value is -2.68. The number of nitrogens with zero attached hydrogens (tertiary/aromatic N) is 2. The lowest BCUT2D eigenvalue weighted by molar-refractivity contribution is 0.252. The molecule has 2 amide bonds.